The van der Waals surface area contributed by atoms with Crippen molar-refractivity contribution in [3.8, 4) is 0 Å². The fourth-order valence-corrected chi connectivity index (χ4v) is 2.97. The quantitative estimate of drug-likeness (QED) is 0.851. The van der Waals surface area contributed by atoms with Gasteiger partial charge in [-0.3, -0.25) is 0 Å². The molecule has 96 valence electrons. The summed E-state index contributed by atoms with van der Waals surface area (Å²) in [6.07, 6.45) is 2.20. The Balaban J connectivity index is 2.16. The summed E-state index contributed by atoms with van der Waals surface area (Å²) in [7, 11) is 0. The maximum atomic E-state index is 10.6. The third kappa shape index (κ3) is 2.11. The molecule has 1 atom stereocenters. The third-order valence-electron chi connectivity index (χ3n) is 3.74. The summed E-state index contributed by atoms with van der Waals surface area (Å²) < 4.78 is 0. The lowest BCUT2D eigenvalue weighted by atomic mass is 9.80. The van der Waals surface area contributed by atoms with Crippen molar-refractivity contribution >= 4 is 11.6 Å². The molecule has 0 saturated carbocycles. The maximum absolute atomic E-state index is 10.6. The van der Waals surface area contributed by atoms with E-state index >= 15 is 0 Å². The molecule has 0 amide bonds. The van der Waals surface area contributed by atoms with E-state index in [0.29, 0.717) is 0 Å². The number of fused-ring (bicyclic) bond motifs is 1. The van der Waals surface area contributed by atoms with Gasteiger partial charge in [-0.1, -0.05) is 60.7 Å². The van der Waals surface area contributed by atoms with Gasteiger partial charge in [0.15, 0.2) is 0 Å². The minimum absolute atomic E-state index is 0.0334. The van der Waals surface area contributed by atoms with E-state index < -0.39 is 5.60 Å². The van der Waals surface area contributed by atoms with Crippen LogP contribution in [0.15, 0.2) is 54.6 Å². The molecule has 0 spiro atoms. The van der Waals surface area contributed by atoms with E-state index in [1.165, 1.54) is 22.3 Å². The minimum Gasteiger partial charge on any atom is -0.389 e. The molecule has 0 aliphatic heterocycles. The number of benzene rings is 2. The van der Waals surface area contributed by atoms with Crippen LogP contribution in [0.3, 0.4) is 0 Å². The first-order valence-electron chi connectivity index (χ1n) is 6.66. The van der Waals surface area contributed by atoms with Crippen LogP contribution >= 0.6 is 0 Å². The molecule has 19 heavy (non-hydrogen) atoms. The molecule has 3 rings (SSSR count). The van der Waals surface area contributed by atoms with E-state index in [2.05, 4.69) is 30.3 Å². The van der Waals surface area contributed by atoms with E-state index in [4.69, 9.17) is 0 Å². The highest BCUT2D eigenvalue weighted by molar-refractivity contribution is 5.92. The normalized spacial score (nSPS) is 18.1. The second-order valence-corrected chi connectivity index (χ2v) is 5.68. The van der Waals surface area contributed by atoms with Crippen LogP contribution in [0.25, 0.3) is 11.6 Å². The van der Waals surface area contributed by atoms with Gasteiger partial charge in [0.2, 0.25) is 0 Å². The summed E-state index contributed by atoms with van der Waals surface area (Å²) in [5, 5.41) is 10.6. The second-order valence-electron chi connectivity index (χ2n) is 5.68. The molecule has 1 nitrogen and oxygen atoms in total. The highest BCUT2D eigenvalue weighted by atomic mass is 16.3. The van der Waals surface area contributed by atoms with Crippen LogP contribution in [-0.2, 0) is 0 Å². The van der Waals surface area contributed by atoms with Gasteiger partial charge in [0.05, 0.1) is 5.60 Å². The predicted octanol–water partition coefficient (Wildman–Crippen LogP) is 4.10. The van der Waals surface area contributed by atoms with Crippen molar-refractivity contribution in [3.63, 3.8) is 0 Å². The Morgan fingerprint density at radius 2 is 1.53 bits per heavy atom. The predicted molar refractivity (Wildman–Crippen MR) is 79.8 cm³/mol. The Hall–Kier alpha value is -1.86. The molecule has 1 unspecified atom stereocenters. The Morgan fingerprint density at radius 1 is 0.895 bits per heavy atom. The van der Waals surface area contributed by atoms with Gasteiger partial charge in [-0.25, -0.2) is 0 Å². The number of rotatable bonds is 2. The molecule has 0 fully saturated rings. The first-order valence-corrected chi connectivity index (χ1v) is 6.66. The van der Waals surface area contributed by atoms with Gasteiger partial charge in [0.1, 0.15) is 0 Å². The standard InChI is InChI=1S/C18H18O/c1-18(2,19)17-15-11-7-6-10-14(15)12-16(17)13-8-4-3-5-9-13/h3-12,17,19H,1-2H3. The van der Waals surface area contributed by atoms with Crippen LogP contribution in [-0.4, -0.2) is 10.7 Å². The summed E-state index contributed by atoms with van der Waals surface area (Å²) in [6.45, 7) is 3.77. The van der Waals surface area contributed by atoms with E-state index in [1.807, 2.05) is 44.2 Å². The molecule has 0 heterocycles. The van der Waals surface area contributed by atoms with Gasteiger partial charge >= 0.3 is 0 Å². The van der Waals surface area contributed by atoms with Crippen molar-refractivity contribution in [2.24, 2.45) is 0 Å². The summed E-state index contributed by atoms with van der Waals surface area (Å²) in [6, 6.07) is 18.6. The average molecular weight is 250 g/mol. The fourth-order valence-electron chi connectivity index (χ4n) is 2.97. The van der Waals surface area contributed by atoms with Crippen LogP contribution in [0.5, 0.6) is 0 Å². The number of aliphatic hydroxyl groups is 1. The van der Waals surface area contributed by atoms with Gasteiger partial charge in [-0.2, -0.15) is 0 Å². The maximum Gasteiger partial charge on any atom is 0.0700 e. The summed E-state index contributed by atoms with van der Waals surface area (Å²) in [5.74, 6) is 0.0334. The zero-order chi connectivity index (χ0) is 13.5. The van der Waals surface area contributed by atoms with Crippen LogP contribution in [0.4, 0.5) is 0 Å². The molecule has 2 aromatic rings. The monoisotopic (exact) mass is 250 g/mol. The zero-order valence-electron chi connectivity index (χ0n) is 11.3. The molecular weight excluding hydrogens is 232 g/mol. The molecule has 2 aromatic carbocycles. The van der Waals surface area contributed by atoms with Crippen LogP contribution < -0.4 is 0 Å². The summed E-state index contributed by atoms with van der Waals surface area (Å²) >= 11 is 0. The molecule has 0 radical (unpaired) electrons. The van der Waals surface area contributed by atoms with Gasteiger partial charge in [0.25, 0.3) is 0 Å². The van der Waals surface area contributed by atoms with Gasteiger partial charge in [0, 0.05) is 5.92 Å². The Kier molecular flexibility index (Phi) is 2.79. The smallest absolute Gasteiger partial charge is 0.0700 e. The van der Waals surface area contributed by atoms with Crippen molar-refractivity contribution in [1.82, 2.24) is 0 Å². The van der Waals surface area contributed by atoms with Crippen LogP contribution in [0.2, 0.25) is 0 Å². The first kappa shape index (κ1) is 12.2. The summed E-state index contributed by atoms with van der Waals surface area (Å²) in [4.78, 5) is 0. The highest BCUT2D eigenvalue weighted by Crippen LogP contribution is 2.47. The molecule has 1 heteroatoms. The van der Waals surface area contributed by atoms with Gasteiger partial charge < -0.3 is 5.11 Å². The van der Waals surface area contributed by atoms with Crippen LogP contribution in [0.1, 0.15) is 36.5 Å². The Morgan fingerprint density at radius 3 is 2.21 bits per heavy atom. The molecular formula is C18H18O. The molecule has 0 aromatic heterocycles. The van der Waals surface area contributed by atoms with Crippen molar-refractivity contribution in [3.05, 3.63) is 71.3 Å². The average Bonchev–Trinajstić information content (AvgIpc) is 2.79. The van der Waals surface area contributed by atoms with Crippen molar-refractivity contribution < 1.29 is 5.11 Å². The Labute approximate surface area is 114 Å². The van der Waals surface area contributed by atoms with Crippen molar-refractivity contribution in [1.29, 1.82) is 0 Å². The van der Waals surface area contributed by atoms with E-state index in [1.54, 1.807) is 0 Å². The largest absolute Gasteiger partial charge is 0.389 e. The van der Waals surface area contributed by atoms with Gasteiger partial charge in [-0.15, -0.1) is 0 Å². The lowest BCUT2D eigenvalue weighted by Crippen LogP contribution is -2.28. The number of hydrogen-bond donors (Lipinski definition) is 1. The SMILES string of the molecule is CC(C)(O)C1C(c2ccccc2)=Cc2ccccc21. The van der Waals surface area contributed by atoms with Gasteiger partial charge in [-0.05, 0) is 36.1 Å². The highest BCUT2D eigenvalue weighted by Gasteiger charge is 2.36. The molecule has 1 aliphatic carbocycles. The van der Waals surface area contributed by atoms with E-state index in [0.717, 1.165) is 0 Å². The minimum atomic E-state index is -0.770. The lowest BCUT2D eigenvalue weighted by molar-refractivity contribution is 0.0689. The fraction of sp³-hybridized carbons (Fsp3) is 0.222. The third-order valence-corrected chi connectivity index (χ3v) is 3.74. The van der Waals surface area contributed by atoms with Crippen molar-refractivity contribution in [2.75, 3.05) is 0 Å². The number of hydrogen-bond acceptors (Lipinski definition) is 1. The molecule has 0 bridgehead atoms. The topological polar surface area (TPSA) is 20.2 Å². The summed E-state index contributed by atoms with van der Waals surface area (Å²) in [5.41, 5.74) is 4.05. The lowest BCUT2D eigenvalue weighted by Gasteiger charge is -2.29. The Bertz CT molecular complexity index is 618. The first-order chi connectivity index (χ1) is 9.07. The van der Waals surface area contributed by atoms with E-state index in [-0.39, 0.29) is 5.92 Å². The van der Waals surface area contributed by atoms with E-state index in [9.17, 15) is 5.11 Å². The van der Waals surface area contributed by atoms with Crippen molar-refractivity contribution in [2.45, 2.75) is 25.4 Å². The zero-order valence-corrected chi connectivity index (χ0v) is 11.3. The van der Waals surface area contributed by atoms with Crippen LogP contribution in [0, 0.1) is 0 Å². The molecule has 1 N–H and O–H groups in total. The molecule has 1 aliphatic rings. The second kappa shape index (κ2) is 4.36. The molecule has 0 saturated heterocycles.